The molecule has 0 spiro atoms. The van der Waals surface area contributed by atoms with E-state index in [4.69, 9.17) is 11.6 Å². The average molecular weight is 297 g/mol. The Labute approximate surface area is 124 Å². The van der Waals surface area contributed by atoms with Crippen LogP contribution in [0.1, 0.15) is 33.3 Å². The topological polar surface area (TPSA) is 58.2 Å². The summed E-state index contributed by atoms with van der Waals surface area (Å²) in [4.78, 5) is 23.7. The number of benzene rings is 1. The first kappa shape index (κ1) is 16.5. The normalized spacial score (nSPS) is 12.7. The van der Waals surface area contributed by atoms with E-state index in [1.165, 1.54) is 0 Å². The molecule has 0 radical (unpaired) electrons. The van der Waals surface area contributed by atoms with E-state index >= 15 is 0 Å². The van der Waals surface area contributed by atoms with Gasteiger partial charge in [-0.15, -0.1) is 0 Å². The van der Waals surface area contributed by atoms with E-state index < -0.39 is 11.5 Å². The van der Waals surface area contributed by atoms with Gasteiger partial charge in [-0.05, 0) is 18.6 Å². The average Bonchev–Trinajstić information content (AvgIpc) is 2.36. The van der Waals surface area contributed by atoms with Crippen LogP contribution >= 0.6 is 11.6 Å². The smallest absolute Gasteiger partial charge is 0.242 e. The summed E-state index contributed by atoms with van der Waals surface area (Å²) in [5.41, 5.74) is 0.328. The van der Waals surface area contributed by atoms with Crippen LogP contribution < -0.4 is 10.6 Å². The van der Waals surface area contributed by atoms with Crippen LogP contribution in [0.15, 0.2) is 24.3 Å². The Morgan fingerprint density at radius 3 is 2.40 bits per heavy atom. The lowest BCUT2D eigenvalue weighted by Crippen LogP contribution is -2.48. The molecule has 5 heteroatoms. The van der Waals surface area contributed by atoms with Crippen molar-refractivity contribution in [1.29, 1.82) is 0 Å². The Morgan fingerprint density at radius 1 is 1.25 bits per heavy atom. The maximum Gasteiger partial charge on any atom is 0.242 e. The van der Waals surface area contributed by atoms with Gasteiger partial charge in [-0.2, -0.15) is 0 Å². The highest BCUT2D eigenvalue weighted by Crippen LogP contribution is 2.15. The molecular weight excluding hydrogens is 276 g/mol. The second-order valence-electron chi connectivity index (χ2n) is 5.75. The Morgan fingerprint density at radius 2 is 1.85 bits per heavy atom. The molecule has 0 aromatic heterocycles. The standard InChI is InChI=1S/C15H21ClN2O2/c1-10(18-14(20)15(2,3)4)13(19)17-9-11-7-5-6-8-12(11)16/h5-8,10H,9H2,1-4H3,(H,17,19)(H,18,20)/t10-/m0/s1. The molecule has 1 rings (SSSR count). The number of amides is 2. The van der Waals surface area contributed by atoms with E-state index in [0.717, 1.165) is 5.56 Å². The van der Waals surface area contributed by atoms with Crippen molar-refractivity contribution in [1.82, 2.24) is 10.6 Å². The maximum absolute atomic E-state index is 11.9. The monoisotopic (exact) mass is 296 g/mol. The van der Waals surface area contributed by atoms with E-state index in [9.17, 15) is 9.59 Å². The Bertz CT molecular complexity index is 495. The fraction of sp³-hybridized carbons (Fsp3) is 0.467. The van der Waals surface area contributed by atoms with Crippen LogP contribution in [-0.4, -0.2) is 17.9 Å². The summed E-state index contributed by atoms with van der Waals surface area (Å²) in [6, 6.07) is 6.73. The molecule has 0 fully saturated rings. The third-order valence-electron chi connectivity index (χ3n) is 2.83. The molecule has 2 amide bonds. The van der Waals surface area contributed by atoms with Gasteiger partial charge >= 0.3 is 0 Å². The van der Waals surface area contributed by atoms with Gasteiger partial charge in [0.15, 0.2) is 0 Å². The lowest BCUT2D eigenvalue weighted by molar-refractivity contribution is -0.133. The van der Waals surface area contributed by atoms with Gasteiger partial charge in [0, 0.05) is 17.0 Å². The van der Waals surface area contributed by atoms with Crippen LogP contribution in [0, 0.1) is 5.41 Å². The van der Waals surface area contributed by atoms with Crippen LogP contribution in [0.2, 0.25) is 5.02 Å². The third kappa shape index (κ3) is 4.85. The van der Waals surface area contributed by atoms with Gasteiger partial charge in [0.1, 0.15) is 6.04 Å². The maximum atomic E-state index is 11.9. The second kappa shape index (κ2) is 6.75. The lowest BCUT2D eigenvalue weighted by Gasteiger charge is -2.21. The molecule has 0 aliphatic rings. The van der Waals surface area contributed by atoms with Gasteiger partial charge in [0.25, 0.3) is 0 Å². The summed E-state index contributed by atoms with van der Waals surface area (Å²) in [6.07, 6.45) is 0. The number of halogens is 1. The highest BCUT2D eigenvalue weighted by molar-refractivity contribution is 6.31. The van der Waals surface area contributed by atoms with Gasteiger partial charge in [-0.1, -0.05) is 50.6 Å². The summed E-state index contributed by atoms with van der Waals surface area (Å²) >= 11 is 6.01. The minimum atomic E-state index is -0.579. The molecule has 0 saturated carbocycles. The zero-order valence-electron chi connectivity index (χ0n) is 12.3. The number of hydrogen-bond donors (Lipinski definition) is 2. The van der Waals surface area contributed by atoms with Crippen molar-refractivity contribution in [2.24, 2.45) is 5.41 Å². The van der Waals surface area contributed by atoms with E-state index in [0.29, 0.717) is 11.6 Å². The van der Waals surface area contributed by atoms with Gasteiger partial charge in [-0.3, -0.25) is 9.59 Å². The molecule has 1 aromatic carbocycles. The van der Waals surface area contributed by atoms with E-state index in [-0.39, 0.29) is 11.8 Å². The first-order chi connectivity index (χ1) is 9.21. The van der Waals surface area contributed by atoms with Crippen LogP contribution in [0.25, 0.3) is 0 Å². The van der Waals surface area contributed by atoms with Crippen LogP contribution in [-0.2, 0) is 16.1 Å². The van der Waals surface area contributed by atoms with Crippen molar-refractivity contribution in [2.45, 2.75) is 40.3 Å². The summed E-state index contributed by atoms with van der Waals surface area (Å²) in [7, 11) is 0. The molecule has 0 saturated heterocycles. The van der Waals surface area contributed by atoms with Crippen molar-refractivity contribution in [2.75, 3.05) is 0 Å². The Kier molecular flexibility index (Phi) is 5.57. The Hall–Kier alpha value is -1.55. The quantitative estimate of drug-likeness (QED) is 0.897. The predicted octanol–water partition coefficient (Wildman–Crippen LogP) is 2.51. The number of hydrogen-bond acceptors (Lipinski definition) is 2. The first-order valence-electron chi connectivity index (χ1n) is 6.54. The summed E-state index contributed by atoms with van der Waals surface area (Å²) in [5, 5.41) is 6.06. The van der Waals surface area contributed by atoms with Gasteiger partial charge in [-0.25, -0.2) is 0 Å². The Balaban J connectivity index is 2.51. The van der Waals surface area contributed by atoms with Gasteiger partial charge < -0.3 is 10.6 Å². The molecule has 2 N–H and O–H groups in total. The number of rotatable bonds is 4. The lowest BCUT2D eigenvalue weighted by atomic mass is 9.95. The van der Waals surface area contributed by atoms with Crippen molar-refractivity contribution in [3.05, 3.63) is 34.9 Å². The molecule has 4 nitrogen and oxygen atoms in total. The fourth-order valence-corrected chi connectivity index (χ4v) is 1.66. The highest BCUT2D eigenvalue weighted by Gasteiger charge is 2.24. The van der Waals surface area contributed by atoms with E-state index in [2.05, 4.69) is 10.6 Å². The SMILES string of the molecule is C[C@H](NC(=O)C(C)(C)C)C(=O)NCc1ccccc1Cl. The molecule has 0 aliphatic carbocycles. The summed E-state index contributed by atoms with van der Waals surface area (Å²) in [6.45, 7) is 7.41. The van der Waals surface area contributed by atoms with Crippen LogP contribution in [0.3, 0.4) is 0 Å². The number of carbonyl (C=O) groups excluding carboxylic acids is 2. The minimum Gasteiger partial charge on any atom is -0.350 e. The van der Waals surface area contributed by atoms with E-state index in [1.807, 2.05) is 18.2 Å². The van der Waals surface area contributed by atoms with Crippen molar-refractivity contribution in [3.63, 3.8) is 0 Å². The minimum absolute atomic E-state index is 0.155. The molecule has 0 heterocycles. The molecule has 1 atom stereocenters. The molecule has 0 aliphatic heterocycles. The predicted molar refractivity (Wildman–Crippen MR) is 80.4 cm³/mol. The van der Waals surface area contributed by atoms with Gasteiger partial charge in [0.05, 0.1) is 0 Å². The zero-order valence-corrected chi connectivity index (χ0v) is 13.0. The molecule has 20 heavy (non-hydrogen) atoms. The molecule has 0 unspecified atom stereocenters. The summed E-state index contributed by atoms with van der Waals surface area (Å²) in [5.74, 6) is -0.389. The third-order valence-corrected chi connectivity index (χ3v) is 3.20. The van der Waals surface area contributed by atoms with Crippen molar-refractivity contribution < 1.29 is 9.59 Å². The van der Waals surface area contributed by atoms with E-state index in [1.54, 1.807) is 33.8 Å². The molecule has 1 aromatic rings. The second-order valence-corrected chi connectivity index (χ2v) is 6.16. The highest BCUT2D eigenvalue weighted by atomic mass is 35.5. The fourth-order valence-electron chi connectivity index (χ4n) is 1.46. The summed E-state index contributed by atoms with van der Waals surface area (Å²) < 4.78 is 0. The number of nitrogens with one attached hydrogen (secondary N) is 2. The van der Waals surface area contributed by atoms with Crippen molar-refractivity contribution in [3.8, 4) is 0 Å². The molecule has 110 valence electrons. The van der Waals surface area contributed by atoms with Gasteiger partial charge in [0.2, 0.25) is 11.8 Å². The van der Waals surface area contributed by atoms with Crippen molar-refractivity contribution >= 4 is 23.4 Å². The van der Waals surface area contributed by atoms with Crippen LogP contribution in [0.4, 0.5) is 0 Å². The number of carbonyl (C=O) groups is 2. The molecule has 0 bridgehead atoms. The first-order valence-corrected chi connectivity index (χ1v) is 6.91. The molecular formula is C15H21ClN2O2. The van der Waals surface area contributed by atoms with Crippen LogP contribution in [0.5, 0.6) is 0 Å². The zero-order chi connectivity index (χ0) is 15.3. The largest absolute Gasteiger partial charge is 0.350 e.